The van der Waals surface area contributed by atoms with Crippen LogP contribution in [0.4, 0.5) is 11.4 Å². The lowest BCUT2D eigenvalue weighted by molar-refractivity contribution is -0.118. The topological polar surface area (TPSA) is 45.0 Å². The summed E-state index contributed by atoms with van der Waals surface area (Å²) in [5.41, 5.74) is 2.31. The van der Waals surface area contributed by atoms with E-state index in [1.807, 2.05) is 61.5 Å². The number of carbonyl (C=O) groups is 1. The summed E-state index contributed by atoms with van der Waals surface area (Å²) >= 11 is 3.41. The zero-order valence-electron chi connectivity index (χ0n) is 12.0. The first-order chi connectivity index (χ1) is 10.6. The predicted molar refractivity (Wildman–Crippen MR) is 92.8 cm³/mol. The van der Waals surface area contributed by atoms with Crippen molar-refractivity contribution >= 4 is 45.1 Å². The Morgan fingerprint density at radius 2 is 1.95 bits per heavy atom. The number of nitrogens with zero attached hydrogens (tertiary/aromatic N) is 3. The molecule has 0 N–H and O–H groups in total. The van der Waals surface area contributed by atoms with Crippen LogP contribution in [0.25, 0.3) is 0 Å². The van der Waals surface area contributed by atoms with Crippen molar-refractivity contribution in [3.63, 3.8) is 0 Å². The smallest absolute Gasteiger partial charge is 0.261 e. The van der Waals surface area contributed by atoms with Gasteiger partial charge in [0.15, 0.2) is 0 Å². The molecule has 2 aromatic carbocycles. The third-order valence-corrected chi connectivity index (χ3v) is 3.86. The van der Waals surface area contributed by atoms with Crippen molar-refractivity contribution in [1.29, 1.82) is 0 Å². The Kier molecular flexibility index (Phi) is 4.15. The van der Waals surface area contributed by atoms with Crippen LogP contribution in [0.2, 0.25) is 0 Å². The normalized spacial score (nSPS) is 18.1. The standard InChI is InChI=1S/C17H14BrN3O/c1-12-16(11-19-14-7-5-6-13(18)10-14)17(22)21(20-12)15-8-3-2-4-9-15/h2-11,16H,1H3/t16-/m0/s1. The zero-order chi connectivity index (χ0) is 15.5. The Hall–Kier alpha value is -2.27. The van der Waals surface area contributed by atoms with Gasteiger partial charge in [-0.25, -0.2) is 0 Å². The van der Waals surface area contributed by atoms with Crippen LogP contribution in [-0.2, 0) is 4.79 Å². The van der Waals surface area contributed by atoms with Gasteiger partial charge in [0, 0.05) is 10.7 Å². The van der Waals surface area contributed by atoms with E-state index in [9.17, 15) is 4.79 Å². The molecule has 0 unspecified atom stereocenters. The maximum atomic E-state index is 12.5. The van der Waals surface area contributed by atoms with Crippen LogP contribution < -0.4 is 5.01 Å². The van der Waals surface area contributed by atoms with Crippen molar-refractivity contribution in [1.82, 2.24) is 0 Å². The van der Waals surface area contributed by atoms with E-state index < -0.39 is 5.92 Å². The third-order valence-electron chi connectivity index (χ3n) is 3.36. The summed E-state index contributed by atoms with van der Waals surface area (Å²) < 4.78 is 0.955. The molecule has 0 saturated carbocycles. The summed E-state index contributed by atoms with van der Waals surface area (Å²) in [6.07, 6.45) is 1.66. The van der Waals surface area contributed by atoms with Crippen LogP contribution in [0, 0.1) is 5.92 Å². The molecule has 1 aliphatic rings. The van der Waals surface area contributed by atoms with E-state index >= 15 is 0 Å². The molecule has 2 aromatic rings. The summed E-state index contributed by atoms with van der Waals surface area (Å²) in [7, 11) is 0. The van der Waals surface area contributed by atoms with Gasteiger partial charge >= 0.3 is 0 Å². The molecular formula is C17H14BrN3O. The Morgan fingerprint density at radius 3 is 2.68 bits per heavy atom. The molecule has 4 nitrogen and oxygen atoms in total. The van der Waals surface area contributed by atoms with Crippen molar-refractivity contribution in [2.45, 2.75) is 6.92 Å². The number of anilines is 1. The summed E-state index contributed by atoms with van der Waals surface area (Å²) in [5, 5.41) is 5.79. The molecule has 0 aliphatic carbocycles. The summed E-state index contributed by atoms with van der Waals surface area (Å²) in [5.74, 6) is -0.498. The minimum atomic E-state index is -0.417. The van der Waals surface area contributed by atoms with Gasteiger partial charge in [-0.2, -0.15) is 10.1 Å². The first-order valence-corrected chi connectivity index (χ1v) is 7.68. The lowest BCUT2D eigenvalue weighted by Crippen LogP contribution is -2.27. The van der Waals surface area contributed by atoms with Gasteiger partial charge in [-0.1, -0.05) is 40.2 Å². The third kappa shape index (κ3) is 2.99. The molecule has 1 amide bonds. The van der Waals surface area contributed by atoms with E-state index in [0.29, 0.717) is 0 Å². The highest BCUT2D eigenvalue weighted by Gasteiger charge is 2.33. The number of hydrogen-bond acceptors (Lipinski definition) is 3. The van der Waals surface area contributed by atoms with Crippen molar-refractivity contribution in [3.8, 4) is 0 Å². The predicted octanol–water partition coefficient (Wildman–Crippen LogP) is 4.19. The number of carbonyl (C=O) groups excluding carboxylic acids is 1. The second kappa shape index (κ2) is 6.23. The molecule has 1 heterocycles. The number of rotatable bonds is 3. The minimum Gasteiger partial charge on any atom is -0.271 e. The summed E-state index contributed by atoms with van der Waals surface area (Å²) in [4.78, 5) is 16.9. The molecule has 0 bridgehead atoms. The number of hydrogen-bond donors (Lipinski definition) is 0. The molecule has 22 heavy (non-hydrogen) atoms. The molecule has 0 saturated heterocycles. The van der Waals surface area contributed by atoms with Gasteiger partial charge in [0.2, 0.25) is 0 Å². The van der Waals surface area contributed by atoms with E-state index in [0.717, 1.165) is 21.6 Å². The van der Waals surface area contributed by atoms with Crippen molar-refractivity contribution in [3.05, 3.63) is 59.1 Å². The average Bonchev–Trinajstić information content (AvgIpc) is 2.81. The van der Waals surface area contributed by atoms with Gasteiger partial charge in [-0.15, -0.1) is 0 Å². The minimum absolute atomic E-state index is 0.0811. The molecule has 0 spiro atoms. The lowest BCUT2D eigenvalue weighted by Gasteiger charge is -2.12. The van der Waals surface area contributed by atoms with Gasteiger partial charge in [0.1, 0.15) is 5.92 Å². The Labute approximate surface area is 137 Å². The number of benzene rings is 2. The van der Waals surface area contributed by atoms with Crippen molar-refractivity contribution in [2.24, 2.45) is 16.0 Å². The van der Waals surface area contributed by atoms with Gasteiger partial charge < -0.3 is 0 Å². The van der Waals surface area contributed by atoms with Gasteiger partial charge in [0.25, 0.3) is 5.91 Å². The SMILES string of the molecule is CC1=NN(c2ccccc2)C(=O)[C@H]1C=Nc1cccc(Br)c1. The maximum Gasteiger partial charge on any atom is 0.261 e. The van der Waals surface area contributed by atoms with Crippen LogP contribution >= 0.6 is 15.9 Å². The molecule has 3 rings (SSSR count). The van der Waals surface area contributed by atoms with Crippen LogP contribution in [0.1, 0.15) is 6.92 Å². The molecule has 5 heteroatoms. The number of amides is 1. The van der Waals surface area contributed by atoms with E-state index in [1.165, 1.54) is 5.01 Å². The molecular weight excluding hydrogens is 342 g/mol. The summed E-state index contributed by atoms with van der Waals surface area (Å²) in [6.45, 7) is 1.85. The fourth-order valence-corrected chi connectivity index (χ4v) is 2.61. The van der Waals surface area contributed by atoms with E-state index in [4.69, 9.17) is 0 Å². The van der Waals surface area contributed by atoms with Crippen LogP contribution in [0.15, 0.2) is 69.2 Å². The summed E-state index contributed by atoms with van der Waals surface area (Å²) in [6, 6.07) is 17.0. The Balaban J connectivity index is 1.82. The fourth-order valence-electron chi connectivity index (χ4n) is 2.22. The van der Waals surface area contributed by atoms with Crippen LogP contribution in [-0.4, -0.2) is 17.8 Å². The number of aliphatic imine (C=N–C) groups is 1. The molecule has 0 radical (unpaired) electrons. The maximum absolute atomic E-state index is 12.5. The monoisotopic (exact) mass is 355 g/mol. The van der Waals surface area contributed by atoms with Gasteiger partial charge in [-0.3, -0.25) is 9.79 Å². The van der Waals surface area contributed by atoms with Crippen LogP contribution in [0.3, 0.4) is 0 Å². The largest absolute Gasteiger partial charge is 0.271 e. The first kappa shape index (κ1) is 14.7. The van der Waals surface area contributed by atoms with Crippen molar-refractivity contribution in [2.75, 3.05) is 5.01 Å². The second-order valence-electron chi connectivity index (χ2n) is 4.96. The highest BCUT2D eigenvalue weighted by molar-refractivity contribution is 9.10. The number of halogens is 1. The second-order valence-corrected chi connectivity index (χ2v) is 5.88. The number of para-hydroxylation sites is 1. The first-order valence-electron chi connectivity index (χ1n) is 6.89. The van der Waals surface area contributed by atoms with E-state index in [-0.39, 0.29) is 5.91 Å². The zero-order valence-corrected chi connectivity index (χ0v) is 13.6. The van der Waals surface area contributed by atoms with Crippen molar-refractivity contribution < 1.29 is 4.79 Å². The fraction of sp³-hybridized carbons (Fsp3) is 0.118. The van der Waals surface area contributed by atoms with Gasteiger partial charge in [-0.05, 0) is 37.3 Å². The molecule has 0 aromatic heterocycles. The molecule has 1 atom stereocenters. The molecule has 110 valence electrons. The highest BCUT2D eigenvalue weighted by Crippen LogP contribution is 2.24. The Morgan fingerprint density at radius 1 is 1.18 bits per heavy atom. The highest BCUT2D eigenvalue weighted by atomic mass is 79.9. The average molecular weight is 356 g/mol. The quantitative estimate of drug-likeness (QED) is 0.761. The number of hydrazone groups is 1. The van der Waals surface area contributed by atoms with Crippen LogP contribution in [0.5, 0.6) is 0 Å². The Bertz CT molecular complexity index is 756. The van der Waals surface area contributed by atoms with Gasteiger partial charge in [0.05, 0.1) is 17.1 Å². The van der Waals surface area contributed by atoms with E-state index in [2.05, 4.69) is 26.0 Å². The molecule has 1 aliphatic heterocycles. The lowest BCUT2D eigenvalue weighted by atomic mass is 10.1. The van der Waals surface area contributed by atoms with E-state index in [1.54, 1.807) is 6.21 Å². The molecule has 0 fully saturated rings.